The number of ether oxygens (including phenoxy) is 1. The molecule has 0 bridgehead atoms. The van der Waals surface area contributed by atoms with E-state index in [1.165, 1.54) is 7.11 Å². The summed E-state index contributed by atoms with van der Waals surface area (Å²) in [6.45, 7) is 3.02. The maximum atomic E-state index is 12.6. The van der Waals surface area contributed by atoms with Gasteiger partial charge in [-0.2, -0.15) is 5.10 Å². The van der Waals surface area contributed by atoms with Crippen LogP contribution in [0, 0.1) is 6.92 Å². The van der Waals surface area contributed by atoms with E-state index >= 15 is 0 Å². The molecule has 0 atom stereocenters. The average molecular weight is 509 g/mol. The predicted octanol–water partition coefficient (Wildman–Crippen LogP) is 3.56. The van der Waals surface area contributed by atoms with Gasteiger partial charge >= 0.3 is 0 Å². The number of carbonyl (C=O) groups excluding carboxylic acids is 2. The summed E-state index contributed by atoms with van der Waals surface area (Å²) in [5.74, 6) is -0.548. The maximum Gasteiger partial charge on any atom is 0.260 e. The lowest BCUT2D eigenvalue weighted by Crippen LogP contribution is -2.39. The lowest BCUT2D eigenvalue weighted by molar-refractivity contribution is -0.119. The Morgan fingerprint density at radius 3 is 2.33 bits per heavy atom. The normalized spacial score (nSPS) is 11.5. The van der Waals surface area contributed by atoms with Crippen LogP contribution in [0.4, 0.5) is 11.4 Å². The number of aryl methyl sites for hydroxylation is 1. The lowest BCUT2D eigenvalue weighted by Gasteiger charge is -2.23. The summed E-state index contributed by atoms with van der Waals surface area (Å²) in [5, 5.41) is 6.94. The average Bonchev–Trinajstić information content (AvgIpc) is 2.85. The smallest absolute Gasteiger partial charge is 0.260 e. The van der Waals surface area contributed by atoms with Crippen LogP contribution in [0.2, 0.25) is 0 Å². The Bertz CT molecular complexity index is 1390. The highest BCUT2D eigenvalue weighted by Gasteiger charge is 2.24. The SMILES string of the molecule is COc1ccc(C)cc1N(CC(=O)N/N=C(\C)c1cccc(NC(=O)c2ccccc2)c1)S(C)(=O)=O. The summed E-state index contributed by atoms with van der Waals surface area (Å²) >= 11 is 0. The number of anilines is 2. The van der Waals surface area contributed by atoms with Gasteiger partial charge in [0.1, 0.15) is 12.3 Å². The topological polar surface area (TPSA) is 117 Å². The summed E-state index contributed by atoms with van der Waals surface area (Å²) in [6.07, 6.45) is 1.02. The molecule has 0 aliphatic carbocycles. The zero-order valence-corrected chi connectivity index (χ0v) is 21.3. The van der Waals surface area contributed by atoms with Crippen LogP contribution in [-0.2, 0) is 14.8 Å². The molecule has 0 spiro atoms. The molecule has 0 fully saturated rings. The number of hydrogen-bond donors (Lipinski definition) is 2. The van der Waals surface area contributed by atoms with Gasteiger partial charge in [0, 0.05) is 11.3 Å². The highest BCUT2D eigenvalue weighted by molar-refractivity contribution is 7.92. The minimum atomic E-state index is -3.79. The van der Waals surface area contributed by atoms with Crippen LogP contribution in [0.15, 0.2) is 77.9 Å². The highest BCUT2D eigenvalue weighted by Crippen LogP contribution is 2.30. The van der Waals surface area contributed by atoms with E-state index in [0.29, 0.717) is 28.3 Å². The Labute approximate surface area is 210 Å². The van der Waals surface area contributed by atoms with Crippen LogP contribution in [-0.4, -0.2) is 45.9 Å². The Morgan fingerprint density at radius 1 is 0.972 bits per heavy atom. The molecule has 0 aliphatic heterocycles. The van der Waals surface area contributed by atoms with Gasteiger partial charge in [-0.15, -0.1) is 0 Å². The van der Waals surface area contributed by atoms with Gasteiger partial charge in [-0.3, -0.25) is 13.9 Å². The largest absolute Gasteiger partial charge is 0.495 e. The third kappa shape index (κ3) is 6.92. The second-order valence-corrected chi connectivity index (χ2v) is 9.98. The standard InChI is InChI=1S/C26H28N4O5S/c1-18-13-14-24(35-3)23(15-18)30(36(4,33)34)17-25(31)29-28-19(2)21-11-8-12-22(16-21)27-26(32)20-9-6-5-7-10-20/h5-16H,17H2,1-4H3,(H,27,32)(H,29,31)/b28-19+. The highest BCUT2D eigenvalue weighted by atomic mass is 32.2. The fraction of sp³-hybridized carbons (Fsp3) is 0.192. The zero-order valence-electron chi connectivity index (χ0n) is 20.5. The zero-order chi connectivity index (χ0) is 26.3. The number of hydrogen-bond acceptors (Lipinski definition) is 6. The Hall–Kier alpha value is -4.18. The molecule has 0 heterocycles. The molecule has 9 nitrogen and oxygen atoms in total. The van der Waals surface area contributed by atoms with E-state index in [2.05, 4.69) is 15.8 Å². The maximum absolute atomic E-state index is 12.6. The Kier molecular flexibility index (Phi) is 8.44. The fourth-order valence-electron chi connectivity index (χ4n) is 3.37. The minimum absolute atomic E-state index is 0.247. The van der Waals surface area contributed by atoms with Crippen molar-refractivity contribution in [1.82, 2.24) is 5.43 Å². The van der Waals surface area contributed by atoms with Crippen LogP contribution in [0.5, 0.6) is 5.75 Å². The van der Waals surface area contributed by atoms with Gasteiger partial charge in [0.25, 0.3) is 11.8 Å². The summed E-state index contributed by atoms with van der Waals surface area (Å²) in [4.78, 5) is 25.1. The predicted molar refractivity (Wildman–Crippen MR) is 141 cm³/mol. The van der Waals surface area contributed by atoms with Crippen LogP contribution in [0.25, 0.3) is 0 Å². The van der Waals surface area contributed by atoms with E-state index in [4.69, 9.17) is 4.74 Å². The van der Waals surface area contributed by atoms with E-state index in [0.717, 1.165) is 16.1 Å². The molecule has 0 radical (unpaired) electrons. The Morgan fingerprint density at radius 2 is 1.67 bits per heavy atom. The van der Waals surface area contributed by atoms with Crippen LogP contribution in [0.3, 0.4) is 0 Å². The molecule has 0 aliphatic rings. The van der Waals surface area contributed by atoms with E-state index in [1.807, 2.05) is 13.0 Å². The van der Waals surface area contributed by atoms with E-state index in [-0.39, 0.29) is 11.6 Å². The molecule has 188 valence electrons. The first kappa shape index (κ1) is 26.4. The molecular weight excluding hydrogens is 480 g/mol. The molecular formula is C26H28N4O5S. The van der Waals surface area contributed by atoms with Crippen molar-refractivity contribution >= 4 is 38.9 Å². The van der Waals surface area contributed by atoms with Gasteiger partial charge < -0.3 is 10.1 Å². The third-order valence-electron chi connectivity index (χ3n) is 5.21. The quantitative estimate of drug-likeness (QED) is 0.339. The molecule has 2 amide bonds. The van der Waals surface area contributed by atoms with Crippen LogP contribution < -0.4 is 19.8 Å². The van der Waals surface area contributed by atoms with Crippen molar-refractivity contribution in [3.05, 3.63) is 89.5 Å². The molecule has 0 unspecified atom stereocenters. The number of methoxy groups -OCH3 is 1. The van der Waals surface area contributed by atoms with E-state index < -0.39 is 22.5 Å². The molecule has 0 aromatic heterocycles. The Balaban J connectivity index is 1.73. The second kappa shape index (κ2) is 11.5. The van der Waals surface area contributed by atoms with Crippen LogP contribution >= 0.6 is 0 Å². The monoisotopic (exact) mass is 508 g/mol. The summed E-state index contributed by atoms with van der Waals surface area (Å²) in [6, 6.07) is 20.9. The van der Waals surface area contributed by atoms with Crippen molar-refractivity contribution in [2.75, 3.05) is 29.5 Å². The van der Waals surface area contributed by atoms with Crippen molar-refractivity contribution < 1.29 is 22.7 Å². The first-order valence-corrected chi connectivity index (χ1v) is 12.9. The first-order chi connectivity index (χ1) is 17.1. The fourth-order valence-corrected chi connectivity index (χ4v) is 4.22. The number of sulfonamides is 1. The molecule has 36 heavy (non-hydrogen) atoms. The van der Waals surface area contributed by atoms with Crippen molar-refractivity contribution in [2.45, 2.75) is 13.8 Å². The number of hydrazone groups is 1. The number of nitrogens with one attached hydrogen (secondary N) is 2. The summed E-state index contributed by atoms with van der Waals surface area (Å²) in [7, 11) is -2.36. The van der Waals surface area contributed by atoms with Gasteiger partial charge in [0.05, 0.1) is 24.8 Å². The van der Waals surface area contributed by atoms with Crippen molar-refractivity contribution in [3.63, 3.8) is 0 Å². The third-order valence-corrected chi connectivity index (χ3v) is 6.34. The number of nitrogens with zero attached hydrogens (tertiary/aromatic N) is 2. The molecule has 3 aromatic carbocycles. The van der Waals surface area contributed by atoms with Gasteiger partial charge in [-0.05, 0) is 61.4 Å². The first-order valence-electron chi connectivity index (χ1n) is 11.0. The second-order valence-electron chi connectivity index (χ2n) is 8.08. The van der Waals surface area contributed by atoms with Crippen molar-refractivity contribution in [3.8, 4) is 5.75 Å². The van der Waals surface area contributed by atoms with Gasteiger partial charge in [0.2, 0.25) is 10.0 Å². The molecule has 0 saturated heterocycles. The molecule has 3 rings (SSSR count). The number of rotatable bonds is 9. The van der Waals surface area contributed by atoms with Gasteiger partial charge in [-0.1, -0.05) is 36.4 Å². The molecule has 2 N–H and O–H groups in total. The minimum Gasteiger partial charge on any atom is -0.495 e. The van der Waals surface area contributed by atoms with E-state index in [1.54, 1.807) is 73.7 Å². The molecule has 0 saturated carbocycles. The molecule has 10 heteroatoms. The summed E-state index contributed by atoms with van der Waals surface area (Å²) in [5.41, 5.74) is 5.72. The van der Waals surface area contributed by atoms with Crippen molar-refractivity contribution in [1.29, 1.82) is 0 Å². The number of benzene rings is 3. The number of carbonyl (C=O) groups is 2. The number of amides is 2. The van der Waals surface area contributed by atoms with Gasteiger partial charge in [0.15, 0.2) is 0 Å². The van der Waals surface area contributed by atoms with Crippen LogP contribution in [0.1, 0.15) is 28.4 Å². The van der Waals surface area contributed by atoms with E-state index in [9.17, 15) is 18.0 Å². The summed E-state index contributed by atoms with van der Waals surface area (Å²) < 4.78 is 31.2. The van der Waals surface area contributed by atoms with Crippen molar-refractivity contribution in [2.24, 2.45) is 5.10 Å². The molecule has 3 aromatic rings. The lowest BCUT2D eigenvalue weighted by atomic mass is 10.1. The van der Waals surface area contributed by atoms with Gasteiger partial charge in [-0.25, -0.2) is 13.8 Å².